The van der Waals surface area contributed by atoms with Gasteiger partial charge in [-0.15, -0.1) is 0 Å². The van der Waals surface area contributed by atoms with Crippen molar-refractivity contribution in [1.29, 1.82) is 0 Å². The molecule has 0 aliphatic heterocycles. The van der Waals surface area contributed by atoms with Crippen LogP contribution in [-0.2, 0) is 0 Å². The van der Waals surface area contributed by atoms with Gasteiger partial charge in [-0.05, 0) is 30.0 Å². The van der Waals surface area contributed by atoms with E-state index in [-0.39, 0.29) is 11.2 Å². The zero-order chi connectivity index (χ0) is 11.5. The summed E-state index contributed by atoms with van der Waals surface area (Å²) in [4.78, 5) is 0. The number of benzene rings is 1. The summed E-state index contributed by atoms with van der Waals surface area (Å²) in [6, 6.07) is 5.18. The van der Waals surface area contributed by atoms with Crippen molar-refractivity contribution < 1.29 is 9.84 Å². The van der Waals surface area contributed by atoms with E-state index in [1.807, 2.05) is 0 Å². The van der Waals surface area contributed by atoms with Gasteiger partial charge < -0.3 is 9.84 Å². The topological polar surface area (TPSA) is 29.5 Å². The Morgan fingerprint density at radius 1 is 1.33 bits per heavy atom. The van der Waals surface area contributed by atoms with E-state index < -0.39 is 0 Å². The van der Waals surface area contributed by atoms with Crippen molar-refractivity contribution in [1.82, 2.24) is 0 Å². The first-order valence-corrected chi connectivity index (χ1v) is 5.79. The predicted molar refractivity (Wildman–Crippen MR) is 65.4 cm³/mol. The molecule has 0 aromatic heterocycles. The highest BCUT2D eigenvalue weighted by Gasteiger charge is 2.11. The van der Waals surface area contributed by atoms with Crippen molar-refractivity contribution in [2.24, 2.45) is 5.41 Å². The largest absolute Gasteiger partial charge is 0.504 e. The lowest BCUT2D eigenvalue weighted by Gasteiger charge is -2.18. The molecule has 0 bridgehead atoms. The number of phenols is 1. The van der Waals surface area contributed by atoms with Crippen molar-refractivity contribution in [3.63, 3.8) is 0 Å². The minimum Gasteiger partial charge on any atom is -0.504 e. The summed E-state index contributed by atoms with van der Waals surface area (Å²) >= 11 is 3.34. The Labute approximate surface area is 99.4 Å². The van der Waals surface area contributed by atoms with Gasteiger partial charge in [0.15, 0.2) is 11.5 Å². The number of halogens is 1. The van der Waals surface area contributed by atoms with Crippen LogP contribution in [0.4, 0.5) is 0 Å². The van der Waals surface area contributed by atoms with E-state index in [4.69, 9.17) is 4.74 Å². The fraction of sp³-hybridized carbons (Fsp3) is 0.500. The predicted octanol–water partition coefficient (Wildman–Crippen LogP) is 3.97. The van der Waals surface area contributed by atoms with Crippen molar-refractivity contribution >= 4 is 15.9 Å². The Hall–Kier alpha value is -0.700. The lowest BCUT2D eigenvalue weighted by atomic mass is 9.93. The number of ether oxygens (including phenoxy) is 1. The molecule has 84 valence electrons. The highest BCUT2D eigenvalue weighted by Crippen LogP contribution is 2.30. The molecule has 0 atom stereocenters. The first-order chi connectivity index (χ1) is 6.88. The van der Waals surface area contributed by atoms with Gasteiger partial charge >= 0.3 is 0 Å². The van der Waals surface area contributed by atoms with Crippen LogP contribution in [0.2, 0.25) is 0 Å². The van der Waals surface area contributed by atoms with Gasteiger partial charge in [-0.1, -0.05) is 36.7 Å². The Bertz CT molecular complexity index is 329. The van der Waals surface area contributed by atoms with E-state index in [1.54, 1.807) is 18.2 Å². The molecule has 0 fully saturated rings. The molecule has 0 saturated heterocycles. The summed E-state index contributed by atoms with van der Waals surface area (Å²) in [6.07, 6.45) is 0.957. The molecule has 0 spiro atoms. The van der Waals surface area contributed by atoms with Gasteiger partial charge in [-0.2, -0.15) is 0 Å². The van der Waals surface area contributed by atoms with Crippen LogP contribution in [0.15, 0.2) is 22.7 Å². The van der Waals surface area contributed by atoms with Gasteiger partial charge in [-0.3, -0.25) is 0 Å². The fourth-order valence-electron chi connectivity index (χ4n) is 1.07. The maximum atomic E-state index is 9.52. The smallest absolute Gasteiger partial charge is 0.162 e. The zero-order valence-electron chi connectivity index (χ0n) is 9.38. The normalized spacial score (nSPS) is 11.5. The summed E-state index contributed by atoms with van der Waals surface area (Å²) in [7, 11) is 0. The van der Waals surface area contributed by atoms with E-state index in [0.29, 0.717) is 12.4 Å². The molecule has 0 heterocycles. The third-order valence-corrected chi connectivity index (χ3v) is 2.52. The van der Waals surface area contributed by atoms with Crippen molar-refractivity contribution in [3.05, 3.63) is 22.7 Å². The molecule has 1 aromatic rings. The lowest BCUT2D eigenvalue weighted by molar-refractivity contribution is 0.235. The van der Waals surface area contributed by atoms with Crippen LogP contribution in [0.1, 0.15) is 27.2 Å². The molecular formula is C12H17BrO2. The van der Waals surface area contributed by atoms with Crippen LogP contribution >= 0.6 is 15.9 Å². The maximum absolute atomic E-state index is 9.52. The van der Waals surface area contributed by atoms with Crippen LogP contribution < -0.4 is 4.74 Å². The molecular weight excluding hydrogens is 256 g/mol. The SMILES string of the molecule is CC(C)(C)CCOc1cc(Br)ccc1O. The van der Waals surface area contributed by atoms with E-state index in [9.17, 15) is 5.11 Å². The lowest BCUT2D eigenvalue weighted by Crippen LogP contribution is -2.11. The number of aromatic hydroxyl groups is 1. The summed E-state index contributed by atoms with van der Waals surface area (Å²) in [5.74, 6) is 0.723. The van der Waals surface area contributed by atoms with E-state index in [2.05, 4.69) is 36.7 Å². The van der Waals surface area contributed by atoms with Crippen molar-refractivity contribution in [3.8, 4) is 11.5 Å². The number of hydrogen-bond acceptors (Lipinski definition) is 2. The summed E-state index contributed by atoms with van der Waals surface area (Å²) < 4.78 is 6.42. The standard InChI is InChI=1S/C12H17BrO2/c1-12(2,3)6-7-15-11-8-9(13)4-5-10(11)14/h4-5,8,14H,6-7H2,1-3H3. The molecule has 3 heteroatoms. The van der Waals surface area contributed by atoms with Gasteiger partial charge in [0.2, 0.25) is 0 Å². The maximum Gasteiger partial charge on any atom is 0.162 e. The first-order valence-electron chi connectivity index (χ1n) is 5.00. The van der Waals surface area contributed by atoms with E-state index in [0.717, 1.165) is 10.9 Å². The van der Waals surface area contributed by atoms with Gasteiger partial charge in [0.05, 0.1) is 6.61 Å². The van der Waals surface area contributed by atoms with Crippen molar-refractivity contribution in [2.75, 3.05) is 6.61 Å². The van der Waals surface area contributed by atoms with Gasteiger partial charge in [0.25, 0.3) is 0 Å². The molecule has 1 aromatic carbocycles. The third-order valence-electron chi connectivity index (χ3n) is 2.03. The summed E-state index contributed by atoms with van der Waals surface area (Å²) in [5, 5.41) is 9.52. The molecule has 0 unspecified atom stereocenters. The highest BCUT2D eigenvalue weighted by molar-refractivity contribution is 9.10. The average Bonchev–Trinajstić information content (AvgIpc) is 2.09. The van der Waals surface area contributed by atoms with Gasteiger partial charge in [-0.25, -0.2) is 0 Å². The van der Waals surface area contributed by atoms with Gasteiger partial charge in [0.1, 0.15) is 0 Å². The Kier molecular flexibility index (Phi) is 4.03. The minimum absolute atomic E-state index is 0.187. The molecule has 1 N–H and O–H groups in total. The quantitative estimate of drug-likeness (QED) is 0.902. The van der Waals surface area contributed by atoms with Crippen molar-refractivity contribution in [2.45, 2.75) is 27.2 Å². The molecule has 0 saturated carbocycles. The number of rotatable bonds is 3. The van der Waals surface area contributed by atoms with Gasteiger partial charge in [0, 0.05) is 4.47 Å². The molecule has 0 aliphatic rings. The summed E-state index contributed by atoms with van der Waals surface area (Å²) in [5.41, 5.74) is 0.252. The van der Waals surface area contributed by atoms with Crippen LogP contribution in [0.3, 0.4) is 0 Å². The van der Waals surface area contributed by atoms with Crippen LogP contribution in [0.5, 0.6) is 11.5 Å². The van der Waals surface area contributed by atoms with Crippen LogP contribution in [-0.4, -0.2) is 11.7 Å². The monoisotopic (exact) mass is 272 g/mol. The molecule has 1 rings (SSSR count). The Morgan fingerprint density at radius 2 is 2.00 bits per heavy atom. The van der Waals surface area contributed by atoms with E-state index in [1.165, 1.54) is 0 Å². The molecule has 0 aliphatic carbocycles. The second kappa shape index (κ2) is 4.88. The minimum atomic E-state index is 0.187. The average molecular weight is 273 g/mol. The summed E-state index contributed by atoms with van der Waals surface area (Å²) in [6.45, 7) is 7.11. The first kappa shape index (κ1) is 12.4. The second-order valence-electron chi connectivity index (χ2n) is 4.77. The number of phenolic OH excluding ortho intramolecular Hbond substituents is 1. The molecule has 2 nitrogen and oxygen atoms in total. The molecule has 15 heavy (non-hydrogen) atoms. The number of hydrogen-bond donors (Lipinski definition) is 1. The zero-order valence-corrected chi connectivity index (χ0v) is 11.0. The Balaban J connectivity index is 2.54. The van der Waals surface area contributed by atoms with E-state index >= 15 is 0 Å². The van der Waals surface area contributed by atoms with Crippen LogP contribution in [0.25, 0.3) is 0 Å². The van der Waals surface area contributed by atoms with Crippen LogP contribution in [0, 0.1) is 5.41 Å². The highest BCUT2D eigenvalue weighted by atomic mass is 79.9. The Morgan fingerprint density at radius 3 is 2.60 bits per heavy atom. The fourth-order valence-corrected chi connectivity index (χ4v) is 1.41. The molecule has 0 amide bonds. The second-order valence-corrected chi connectivity index (χ2v) is 5.69. The third kappa shape index (κ3) is 4.56. The molecule has 0 radical (unpaired) electrons.